The number of ether oxygens (including phenoxy) is 2. The summed E-state index contributed by atoms with van der Waals surface area (Å²) in [6.45, 7) is 3.26. The van der Waals surface area contributed by atoms with E-state index in [1.807, 2.05) is 9.97 Å². The maximum Gasteiger partial charge on any atom is 0.375 e. The number of carbonyl (C=O) groups excluding carboxylic acids is 2. The molecule has 0 aromatic carbocycles. The lowest BCUT2D eigenvalue weighted by molar-refractivity contribution is -0.387. The van der Waals surface area contributed by atoms with E-state index < -0.39 is 60.6 Å². The summed E-state index contributed by atoms with van der Waals surface area (Å²) in [6.07, 6.45) is 1.85. The molecule has 0 amide bonds. The molecule has 0 radical (unpaired) electrons. The van der Waals surface area contributed by atoms with E-state index in [9.17, 15) is 44.5 Å². The predicted octanol–water partition coefficient (Wildman–Crippen LogP) is 1.28. The van der Waals surface area contributed by atoms with Gasteiger partial charge in [0.05, 0.1) is 23.1 Å². The van der Waals surface area contributed by atoms with Gasteiger partial charge in [0.15, 0.2) is 0 Å². The van der Waals surface area contributed by atoms with Crippen molar-refractivity contribution >= 4 is 34.9 Å². The summed E-state index contributed by atoms with van der Waals surface area (Å²) in [5.41, 5.74) is -4.70. The highest BCUT2D eigenvalue weighted by molar-refractivity contribution is 6.35. The van der Waals surface area contributed by atoms with E-state index in [-0.39, 0.29) is 18.8 Å². The van der Waals surface area contributed by atoms with Crippen molar-refractivity contribution < 1.29 is 34.0 Å². The number of rotatable bonds is 6. The van der Waals surface area contributed by atoms with Crippen LogP contribution in [0.1, 0.15) is 34.6 Å². The largest absolute Gasteiger partial charge is 0.501 e. The van der Waals surface area contributed by atoms with Crippen molar-refractivity contribution in [3.8, 4) is 5.75 Å². The molecule has 16 heteroatoms. The van der Waals surface area contributed by atoms with Gasteiger partial charge in [-0.25, -0.2) is 9.59 Å². The monoisotopic (exact) mass is 474 g/mol. The highest BCUT2D eigenvalue weighted by Gasteiger charge is 2.26. The fourth-order valence-electron chi connectivity index (χ4n) is 2.06. The van der Waals surface area contributed by atoms with Gasteiger partial charge in [0.25, 0.3) is 0 Å². The molecule has 2 aromatic heterocycles. The van der Waals surface area contributed by atoms with Crippen molar-refractivity contribution in [1.29, 1.82) is 0 Å². The molecule has 0 aliphatic rings. The number of nitrogens with zero attached hydrogens (tertiary/aromatic N) is 2. The molecule has 0 saturated heterocycles. The highest BCUT2D eigenvalue weighted by atomic mass is 35.5. The molecule has 3 N–H and O–H groups in total. The van der Waals surface area contributed by atoms with E-state index in [1.54, 1.807) is 6.92 Å². The Morgan fingerprint density at radius 2 is 1.34 bits per heavy atom. The van der Waals surface area contributed by atoms with Gasteiger partial charge in [-0.05, 0) is 13.8 Å². The second-order valence-corrected chi connectivity index (χ2v) is 5.76. The van der Waals surface area contributed by atoms with E-state index in [4.69, 9.17) is 11.6 Å². The van der Waals surface area contributed by atoms with E-state index in [0.29, 0.717) is 0 Å². The minimum absolute atomic E-state index is 0.0468. The highest BCUT2D eigenvalue weighted by Crippen LogP contribution is 2.25. The van der Waals surface area contributed by atoms with Gasteiger partial charge in [-0.3, -0.25) is 29.8 Å². The van der Waals surface area contributed by atoms with Crippen molar-refractivity contribution in [2.45, 2.75) is 13.8 Å². The van der Waals surface area contributed by atoms with Crippen LogP contribution in [-0.4, -0.2) is 50.1 Å². The smallest absolute Gasteiger partial charge is 0.375 e. The molecule has 32 heavy (non-hydrogen) atoms. The first-order chi connectivity index (χ1) is 15.0. The van der Waals surface area contributed by atoms with Crippen LogP contribution in [-0.2, 0) is 9.47 Å². The Kier molecular flexibility index (Phi) is 9.03. The Labute approximate surface area is 181 Å². The molecule has 0 spiro atoms. The number of pyridine rings is 2. The van der Waals surface area contributed by atoms with E-state index in [1.165, 1.54) is 6.92 Å². The number of carbonyl (C=O) groups is 2. The quantitative estimate of drug-likeness (QED) is 0.307. The zero-order valence-corrected chi connectivity index (χ0v) is 17.1. The number of aromatic amines is 2. The Balaban J connectivity index is 0.000000320. The van der Waals surface area contributed by atoms with Gasteiger partial charge >= 0.3 is 34.4 Å². The average Bonchev–Trinajstić information content (AvgIpc) is 2.68. The van der Waals surface area contributed by atoms with Gasteiger partial charge in [0.1, 0.15) is 16.1 Å². The van der Waals surface area contributed by atoms with Crippen molar-refractivity contribution in [2.24, 2.45) is 0 Å². The van der Waals surface area contributed by atoms with Crippen LogP contribution in [0.4, 0.5) is 11.4 Å². The van der Waals surface area contributed by atoms with Gasteiger partial charge in [-0.15, -0.1) is 0 Å². The standard InChI is InChI=1S/C8H7ClN2O5.C8H8N2O6/c1-2-16-8(13)4-3-10-7(12)6(5(4)9)11(14)15;1-2-16-8(13)4-3-9-7(12)5(6(4)11)10(14)15/h3H,2H2,1H3,(H,10,12);3H,2H2,1H3,(H2,9,11,12). The Morgan fingerprint density at radius 1 is 0.938 bits per heavy atom. The summed E-state index contributed by atoms with van der Waals surface area (Å²) < 4.78 is 9.16. The zero-order valence-electron chi connectivity index (χ0n) is 16.4. The number of aromatic nitrogens is 2. The molecule has 0 unspecified atom stereocenters. The number of aromatic hydroxyl groups is 1. The Bertz CT molecular complexity index is 1080. The lowest BCUT2D eigenvalue weighted by Crippen LogP contribution is -2.16. The summed E-state index contributed by atoms with van der Waals surface area (Å²) in [5.74, 6) is -2.77. The van der Waals surface area contributed by atoms with Crippen LogP contribution in [0.3, 0.4) is 0 Å². The summed E-state index contributed by atoms with van der Waals surface area (Å²) >= 11 is 5.58. The molecule has 0 fully saturated rings. The molecular weight excluding hydrogens is 460 g/mol. The third-order valence-electron chi connectivity index (χ3n) is 3.40. The fourth-order valence-corrected chi connectivity index (χ4v) is 2.35. The SMILES string of the molecule is CCOC(=O)c1c[nH]c(=O)c([N+](=O)[O-])c1Cl.CCOC(=O)c1c[nH]c(=O)c([N+](=O)[O-])c1O. The number of hydrogen-bond acceptors (Lipinski definition) is 11. The predicted molar refractivity (Wildman–Crippen MR) is 106 cm³/mol. The van der Waals surface area contributed by atoms with Crippen LogP contribution in [0.25, 0.3) is 0 Å². The first-order valence-electron chi connectivity index (χ1n) is 8.46. The van der Waals surface area contributed by atoms with Crippen LogP contribution in [0.5, 0.6) is 5.75 Å². The lowest BCUT2D eigenvalue weighted by atomic mass is 10.2. The van der Waals surface area contributed by atoms with Gasteiger partial charge in [-0.2, -0.15) is 0 Å². The van der Waals surface area contributed by atoms with E-state index in [2.05, 4.69) is 9.47 Å². The Hall–Kier alpha value is -4.27. The van der Waals surface area contributed by atoms with Crippen LogP contribution in [0.15, 0.2) is 22.0 Å². The second kappa shape index (κ2) is 11.2. The summed E-state index contributed by atoms with van der Waals surface area (Å²) in [4.78, 5) is 67.6. The maximum absolute atomic E-state index is 11.3. The van der Waals surface area contributed by atoms with Gasteiger partial charge in [-0.1, -0.05) is 11.6 Å². The van der Waals surface area contributed by atoms with E-state index >= 15 is 0 Å². The average molecular weight is 475 g/mol. The molecule has 0 aliphatic carbocycles. The van der Waals surface area contributed by atoms with Gasteiger partial charge in [0.2, 0.25) is 5.75 Å². The van der Waals surface area contributed by atoms with Crippen LogP contribution in [0, 0.1) is 20.2 Å². The minimum atomic E-state index is -1.09. The molecule has 172 valence electrons. The number of H-pyrrole nitrogens is 2. The summed E-state index contributed by atoms with van der Waals surface area (Å²) in [7, 11) is 0. The molecule has 2 rings (SSSR count). The molecule has 0 atom stereocenters. The third-order valence-corrected chi connectivity index (χ3v) is 3.79. The minimum Gasteiger partial charge on any atom is -0.501 e. The number of esters is 2. The van der Waals surface area contributed by atoms with Gasteiger partial charge < -0.3 is 24.5 Å². The van der Waals surface area contributed by atoms with Crippen molar-refractivity contribution in [3.63, 3.8) is 0 Å². The normalized spacial score (nSPS) is 9.84. The topological polar surface area (TPSA) is 225 Å². The number of nitrogens with one attached hydrogen (secondary N) is 2. The Morgan fingerprint density at radius 3 is 1.78 bits per heavy atom. The van der Waals surface area contributed by atoms with Crippen LogP contribution >= 0.6 is 11.6 Å². The number of nitro groups is 2. The fraction of sp³-hybridized carbons (Fsp3) is 0.250. The van der Waals surface area contributed by atoms with Gasteiger partial charge in [0, 0.05) is 12.4 Å². The van der Waals surface area contributed by atoms with Crippen LogP contribution in [0.2, 0.25) is 5.02 Å². The molecule has 2 heterocycles. The van der Waals surface area contributed by atoms with Crippen molar-refractivity contribution in [2.75, 3.05) is 13.2 Å². The molecule has 0 saturated carbocycles. The van der Waals surface area contributed by atoms with E-state index in [0.717, 1.165) is 12.4 Å². The van der Waals surface area contributed by atoms with Crippen molar-refractivity contribution in [3.05, 3.63) is 69.5 Å². The van der Waals surface area contributed by atoms with Crippen LogP contribution < -0.4 is 11.1 Å². The molecule has 0 bridgehead atoms. The molecular formula is C16H15ClN4O11. The lowest BCUT2D eigenvalue weighted by Gasteiger charge is -2.03. The third kappa shape index (κ3) is 5.88. The number of hydrogen-bond donors (Lipinski definition) is 3. The molecule has 0 aliphatic heterocycles. The summed E-state index contributed by atoms with van der Waals surface area (Å²) in [6, 6.07) is 0. The second-order valence-electron chi connectivity index (χ2n) is 5.38. The number of halogens is 1. The first-order valence-corrected chi connectivity index (χ1v) is 8.84. The molecule has 15 nitrogen and oxygen atoms in total. The maximum atomic E-state index is 11.3. The zero-order chi connectivity index (χ0) is 24.6. The first kappa shape index (κ1) is 25.8. The van der Waals surface area contributed by atoms with Crippen molar-refractivity contribution in [1.82, 2.24) is 9.97 Å². The molecule has 2 aromatic rings. The summed E-state index contributed by atoms with van der Waals surface area (Å²) in [5, 5.41) is 29.8.